The standard InChI is InChI=1S/C18H22N4O/c1-5-12-6-8-14(23-12)16(18(2,3)4)21-15-9-7-13-17(22-15)20-11-10-19-13/h6-11,16H,5H2,1-4H3,(H,20,21,22). The summed E-state index contributed by atoms with van der Waals surface area (Å²) in [5.74, 6) is 2.69. The lowest BCUT2D eigenvalue weighted by molar-refractivity contribution is 0.298. The lowest BCUT2D eigenvalue weighted by Crippen LogP contribution is -2.25. The number of pyridine rings is 1. The Morgan fingerprint density at radius 2 is 1.87 bits per heavy atom. The molecule has 1 unspecified atom stereocenters. The van der Waals surface area contributed by atoms with Gasteiger partial charge in [0, 0.05) is 18.8 Å². The van der Waals surface area contributed by atoms with Crippen LogP contribution in [0.4, 0.5) is 5.82 Å². The second kappa shape index (κ2) is 5.99. The Balaban J connectivity index is 1.93. The van der Waals surface area contributed by atoms with Crippen molar-refractivity contribution in [2.45, 2.75) is 40.2 Å². The second-order valence-electron chi connectivity index (χ2n) is 6.70. The molecule has 3 heterocycles. The molecule has 5 heteroatoms. The largest absolute Gasteiger partial charge is 0.464 e. The first-order valence-electron chi connectivity index (χ1n) is 7.90. The van der Waals surface area contributed by atoms with Gasteiger partial charge in [-0.05, 0) is 29.7 Å². The molecule has 0 aliphatic carbocycles. The van der Waals surface area contributed by atoms with E-state index in [2.05, 4.69) is 48.0 Å². The van der Waals surface area contributed by atoms with E-state index < -0.39 is 0 Å². The molecule has 1 atom stereocenters. The molecule has 3 rings (SSSR count). The highest BCUT2D eigenvalue weighted by Gasteiger charge is 2.29. The van der Waals surface area contributed by atoms with E-state index in [1.807, 2.05) is 24.3 Å². The molecule has 1 N–H and O–H groups in total. The third-order valence-electron chi connectivity index (χ3n) is 3.81. The molecule has 0 aromatic carbocycles. The van der Waals surface area contributed by atoms with Crippen LogP contribution < -0.4 is 5.32 Å². The number of furan rings is 1. The van der Waals surface area contributed by atoms with Crippen LogP contribution in [0.25, 0.3) is 11.2 Å². The maximum atomic E-state index is 5.96. The average Bonchev–Trinajstić information content (AvgIpc) is 3.00. The highest BCUT2D eigenvalue weighted by atomic mass is 16.3. The molecule has 0 saturated heterocycles. The Bertz CT molecular complexity index is 804. The van der Waals surface area contributed by atoms with Gasteiger partial charge in [-0.15, -0.1) is 0 Å². The van der Waals surface area contributed by atoms with Crippen molar-refractivity contribution in [3.8, 4) is 0 Å². The van der Waals surface area contributed by atoms with E-state index in [9.17, 15) is 0 Å². The van der Waals surface area contributed by atoms with E-state index in [1.165, 1.54) is 0 Å². The normalized spacial score (nSPS) is 13.2. The van der Waals surface area contributed by atoms with Crippen LogP contribution >= 0.6 is 0 Å². The molecule has 0 aliphatic rings. The van der Waals surface area contributed by atoms with Crippen molar-refractivity contribution < 1.29 is 4.42 Å². The maximum absolute atomic E-state index is 5.96. The average molecular weight is 310 g/mol. The van der Waals surface area contributed by atoms with Gasteiger partial charge < -0.3 is 9.73 Å². The van der Waals surface area contributed by atoms with Crippen LogP contribution in [0.1, 0.15) is 45.3 Å². The summed E-state index contributed by atoms with van der Waals surface area (Å²) in [6, 6.07) is 7.96. The van der Waals surface area contributed by atoms with E-state index in [0.29, 0.717) is 5.65 Å². The van der Waals surface area contributed by atoms with Crippen molar-refractivity contribution in [2.75, 3.05) is 5.32 Å². The minimum Gasteiger partial charge on any atom is -0.464 e. The predicted molar refractivity (Wildman–Crippen MR) is 91.2 cm³/mol. The van der Waals surface area contributed by atoms with Crippen LogP contribution in [0.3, 0.4) is 0 Å². The summed E-state index contributed by atoms with van der Waals surface area (Å²) in [7, 11) is 0. The van der Waals surface area contributed by atoms with Crippen molar-refractivity contribution in [3.05, 3.63) is 48.2 Å². The zero-order chi connectivity index (χ0) is 16.4. The van der Waals surface area contributed by atoms with E-state index in [4.69, 9.17) is 4.42 Å². The fourth-order valence-electron chi connectivity index (χ4n) is 2.54. The van der Waals surface area contributed by atoms with Crippen LogP contribution in [0.2, 0.25) is 0 Å². The molecule has 23 heavy (non-hydrogen) atoms. The van der Waals surface area contributed by atoms with Crippen molar-refractivity contribution in [2.24, 2.45) is 5.41 Å². The summed E-state index contributed by atoms with van der Waals surface area (Å²) < 4.78 is 5.96. The van der Waals surface area contributed by atoms with Crippen molar-refractivity contribution in [1.82, 2.24) is 15.0 Å². The first-order chi connectivity index (χ1) is 11.0. The number of anilines is 1. The summed E-state index contributed by atoms with van der Waals surface area (Å²) in [5.41, 5.74) is 1.40. The first-order valence-corrected chi connectivity index (χ1v) is 7.90. The van der Waals surface area contributed by atoms with Gasteiger partial charge in [0.25, 0.3) is 0 Å². The molecule has 0 bridgehead atoms. The summed E-state index contributed by atoms with van der Waals surface area (Å²) in [4.78, 5) is 13.1. The minimum atomic E-state index is -0.0259. The third-order valence-corrected chi connectivity index (χ3v) is 3.81. The Kier molecular flexibility index (Phi) is 4.03. The topological polar surface area (TPSA) is 63.8 Å². The summed E-state index contributed by atoms with van der Waals surface area (Å²) >= 11 is 0. The van der Waals surface area contributed by atoms with Crippen molar-refractivity contribution >= 4 is 17.0 Å². The molecular weight excluding hydrogens is 288 g/mol. The van der Waals surface area contributed by atoms with Crippen LogP contribution in [0.5, 0.6) is 0 Å². The maximum Gasteiger partial charge on any atom is 0.180 e. The van der Waals surface area contributed by atoms with E-state index in [1.54, 1.807) is 12.4 Å². The van der Waals surface area contributed by atoms with Gasteiger partial charge in [-0.1, -0.05) is 27.7 Å². The van der Waals surface area contributed by atoms with Crippen molar-refractivity contribution in [3.63, 3.8) is 0 Å². The van der Waals surface area contributed by atoms with Crippen LogP contribution in [0, 0.1) is 5.41 Å². The van der Waals surface area contributed by atoms with Gasteiger partial charge in [0.1, 0.15) is 22.9 Å². The molecule has 0 spiro atoms. The van der Waals surface area contributed by atoms with E-state index >= 15 is 0 Å². The Hall–Kier alpha value is -2.43. The molecule has 3 aromatic rings. The van der Waals surface area contributed by atoms with Crippen LogP contribution in [0.15, 0.2) is 41.1 Å². The number of fused-ring (bicyclic) bond motifs is 1. The molecule has 3 aromatic heterocycles. The number of rotatable bonds is 4. The summed E-state index contributed by atoms with van der Waals surface area (Å²) in [6.45, 7) is 8.63. The number of nitrogens with zero attached hydrogens (tertiary/aromatic N) is 3. The molecular formula is C18H22N4O. The second-order valence-corrected chi connectivity index (χ2v) is 6.70. The van der Waals surface area contributed by atoms with Crippen molar-refractivity contribution in [1.29, 1.82) is 0 Å². The Morgan fingerprint density at radius 3 is 2.57 bits per heavy atom. The highest BCUT2D eigenvalue weighted by molar-refractivity contribution is 5.71. The molecule has 0 amide bonds. The number of nitrogens with one attached hydrogen (secondary N) is 1. The lowest BCUT2D eigenvalue weighted by Gasteiger charge is -2.30. The zero-order valence-electron chi connectivity index (χ0n) is 14.0. The van der Waals surface area contributed by atoms with Gasteiger partial charge in [0.05, 0.1) is 6.04 Å². The number of aryl methyl sites for hydroxylation is 1. The molecule has 0 fully saturated rings. The molecule has 0 saturated carbocycles. The molecule has 0 radical (unpaired) electrons. The highest BCUT2D eigenvalue weighted by Crippen LogP contribution is 2.36. The SMILES string of the molecule is CCc1ccc(C(Nc2ccc3nccnc3n2)C(C)(C)C)o1. The van der Waals surface area contributed by atoms with Crippen LogP contribution in [-0.4, -0.2) is 15.0 Å². The smallest absolute Gasteiger partial charge is 0.180 e. The Labute approximate surface area is 136 Å². The van der Waals surface area contributed by atoms with Gasteiger partial charge in [0.15, 0.2) is 5.65 Å². The Morgan fingerprint density at radius 1 is 1.09 bits per heavy atom. The number of hydrogen-bond acceptors (Lipinski definition) is 5. The number of aromatic nitrogens is 3. The minimum absolute atomic E-state index is 0.0180. The molecule has 5 nitrogen and oxygen atoms in total. The third kappa shape index (κ3) is 3.33. The van der Waals surface area contributed by atoms with Gasteiger partial charge in [0.2, 0.25) is 0 Å². The summed E-state index contributed by atoms with van der Waals surface area (Å²) in [5, 5.41) is 3.49. The molecule has 0 aliphatic heterocycles. The van der Waals surface area contributed by atoms with Gasteiger partial charge in [-0.2, -0.15) is 0 Å². The van der Waals surface area contributed by atoms with Gasteiger partial charge in [-0.3, -0.25) is 4.98 Å². The van der Waals surface area contributed by atoms with E-state index in [0.717, 1.165) is 29.3 Å². The summed E-state index contributed by atoms with van der Waals surface area (Å²) in [6.07, 6.45) is 4.21. The predicted octanol–water partition coefficient (Wildman–Crippen LogP) is 4.38. The van der Waals surface area contributed by atoms with Gasteiger partial charge in [-0.25, -0.2) is 9.97 Å². The van der Waals surface area contributed by atoms with E-state index in [-0.39, 0.29) is 11.5 Å². The monoisotopic (exact) mass is 310 g/mol. The lowest BCUT2D eigenvalue weighted by atomic mass is 9.85. The van der Waals surface area contributed by atoms with Crippen LogP contribution in [-0.2, 0) is 6.42 Å². The first kappa shape index (κ1) is 15.5. The fourth-order valence-corrected chi connectivity index (χ4v) is 2.54. The number of hydrogen-bond donors (Lipinski definition) is 1. The quantitative estimate of drug-likeness (QED) is 0.774. The fraction of sp³-hybridized carbons (Fsp3) is 0.389. The zero-order valence-corrected chi connectivity index (χ0v) is 14.0. The molecule has 120 valence electrons. The van der Waals surface area contributed by atoms with Gasteiger partial charge >= 0.3 is 0 Å².